The summed E-state index contributed by atoms with van der Waals surface area (Å²) in [5.74, 6) is 3.62. The van der Waals surface area contributed by atoms with Crippen LogP contribution in [0.3, 0.4) is 0 Å². The minimum atomic E-state index is -0.823. The smallest absolute Gasteiger partial charge is 0.142 e. The minimum Gasteiger partial charge on any atom is -0.455 e. The molecule has 0 N–H and O–H groups in total. The highest BCUT2D eigenvalue weighted by molar-refractivity contribution is 7.68. The van der Waals surface area contributed by atoms with E-state index in [2.05, 4.69) is 72.8 Å². The van der Waals surface area contributed by atoms with Crippen molar-refractivity contribution in [2.45, 2.75) is 0 Å². The normalized spacial score (nSPS) is 13.8. The molecule has 0 saturated heterocycles. The quantitative estimate of drug-likeness (QED) is 0.176. The van der Waals surface area contributed by atoms with Crippen LogP contribution in [0.5, 0.6) is 23.0 Å². The van der Waals surface area contributed by atoms with Crippen molar-refractivity contribution < 1.29 is 18.3 Å². The second-order valence-corrected chi connectivity index (χ2v) is 14.4. The number of para-hydroxylation sites is 2. The van der Waals surface area contributed by atoms with Crippen LogP contribution in [0.1, 0.15) is 0 Å². The first-order valence-corrected chi connectivity index (χ1v) is 15.9. The average Bonchev–Trinajstić information content (AvgIpc) is 2.99. The third kappa shape index (κ3) is 2.72. The lowest BCUT2D eigenvalue weighted by Gasteiger charge is -2.23. The topological polar surface area (TPSA) is 44.7 Å². The molecule has 0 spiro atoms. The van der Waals surface area contributed by atoms with Crippen molar-refractivity contribution >= 4 is 68.6 Å². The maximum absolute atomic E-state index is 6.58. The van der Waals surface area contributed by atoms with Crippen LogP contribution in [-0.4, -0.2) is 0 Å². The van der Waals surface area contributed by atoms with Gasteiger partial charge < -0.3 is 18.3 Å². The number of benzene rings is 6. The fraction of sp³-hybridized carbons (Fsp3) is 0. The van der Waals surface area contributed by atoms with Crippen LogP contribution in [0, 0.1) is 0 Å². The minimum absolute atomic E-state index is 0.823. The Labute approximate surface area is 229 Å². The van der Waals surface area contributed by atoms with Gasteiger partial charge in [0.25, 0.3) is 0 Å². The molecule has 0 bridgehead atoms. The lowest BCUT2D eigenvalue weighted by molar-refractivity contribution is 0.489. The van der Waals surface area contributed by atoms with E-state index < -0.39 is 15.1 Å². The summed E-state index contributed by atoms with van der Waals surface area (Å²) in [7, 11) is -1.65. The van der Waals surface area contributed by atoms with Gasteiger partial charge in [-0.05, 0) is 83.6 Å². The van der Waals surface area contributed by atoms with Crippen LogP contribution in [-0.2, 0) is 0 Å². The second-order valence-electron chi connectivity index (χ2n) is 10.2. The fourth-order valence-corrected chi connectivity index (χ4v) is 11.4. The maximum atomic E-state index is 6.58. The molecule has 2 aliphatic heterocycles. The fourth-order valence-electron chi connectivity index (χ4n) is 6.24. The lowest BCUT2D eigenvalue weighted by Crippen LogP contribution is -1.93. The van der Waals surface area contributed by atoms with Crippen LogP contribution in [0.4, 0.5) is 0 Å². The zero-order chi connectivity index (χ0) is 25.9. The van der Waals surface area contributed by atoms with Crippen molar-refractivity contribution in [3.05, 3.63) is 109 Å². The summed E-state index contributed by atoms with van der Waals surface area (Å²) in [5, 5.41) is 9.45. The molecule has 6 aromatic carbocycles. The van der Waals surface area contributed by atoms with E-state index in [-0.39, 0.29) is 0 Å². The first-order valence-electron chi connectivity index (χ1n) is 13.2. The van der Waals surface area contributed by atoms with Crippen molar-refractivity contribution in [3.8, 4) is 33.6 Å². The third-order valence-corrected chi connectivity index (χ3v) is 13.1. The molecular weight excluding hydrogens is 534 g/mol. The highest BCUT2D eigenvalue weighted by Gasteiger charge is 2.25. The van der Waals surface area contributed by atoms with E-state index in [0.29, 0.717) is 0 Å². The van der Waals surface area contributed by atoms with E-state index in [1.807, 2.05) is 36.4 Å². The molecule has 8 aromatic rings. The molecule has 0 amide bonds. The van der Waals surface area contributed by atoms with E-state index in [1.54, 1.807) is 0 Å². The highest BCUT2D eigenvalue weighted by atomic mass is 31.1. The molecular formula is C34H18O4P2. The number of hydrogen-bond donors (Lipinski definition) is 0. The summed E-state index contributed by atoms with van der Waals surface area (Å²) < 4.78 is 25.8. The summed E-state index contributed by atoms with van der Waals surface area (Å²) in [6.45, 7) is 0. The Kier molecular flexibility index (Phi) is 3.99. The molecule has 2 aromatic heterocycles. The van der Waals surface area contributed by atoms with Crippen LogP contribution < -0.4 is 9.47 Å². The number of fused-ring (bicyclic) bond motifs is 9. The van der Waals surface area contributed by atoms with Crippen LogP contribution >= 0.6 is 15.1 Å². The number of ether oxygens (including phenoxy) is 2. The summed E-state index contributed by atoms with van der Waals surface area (Å²) in [6.07, 6.45) is 0. The Balaban J connectivity index is 1.36. The van der Waals surface area contributed by atoms with Gasteiger partial charge in [0.2, 0.25) is 0 Å². The molecule has 0 radical (unpaired) electrons. The van der Waals surface area contributed by atoms with E-state index in [9.17, 15) is 0 Å². The second kappa shape index (κ2) is 7.52. The molecule has 6 heteroatoms. The molecule has 10 rings (SSSR count). The lowest BCUT2D eigenvalue weighted by atomic mass is 10.1. The van der Waals surface area contributed by atoms with Crippen LogP contribution in [0.2, 0.25) is 0 Å². The van der Waals surface area contributed by atoms with Crippen molar-refractivity contribution in [1.82, 2.24) is 0 Å². The summed E-state index contributed by atoms with van der Waals surface area (Å²) >= 11 is 0. The summed E-state index contributed by atoms with van der Waals surface area (Å²) in [5.41, 5.74) is 3.59. The Bertz CT molecular complexity index is 2280. The molecule has 40 heavy (non-hydrogen) atoms. The predicted molar refractivity (Wildman–Crippen MR) is 164 cm³/mol. The standard InChI is InChI=1S/C34H18O4P2/c1-3-13-29-21(7-1)35-23-9-5-11-25-33(23)39(29)31-17-19-16-28-32(18-20(19)15-27(31)37-25)40-30-14-4-2-8-22(30)36-24-10-6-12-26(38-28)34(24)40/h1-18H. The first-order chi connectivity index (χ1) is 19.8. The monoisotopic (exact) mass is 552 g/mol. The average molecular weight is 552 g/mol. The number of hydrogen-bond acceptors (Lipinski definition) is 4. The van der Waals surface area contributed by atoms with Gasteiger partial charge in [-0.3, -0.25) is 0 Å². The van der Waals surface area contributed by atoms with Gasteiger partial charge >= 0.3 is 0 Å². The zero-order valence-corrected chi connectivity index (χ0v) is 22.7. The molecule has 0 aliphatic carbocycles. The van der Waals surface area contributed by atoms with Crippen LogP contribution in [0.15, 0.2) is 118 Å². The molecule has 2 aliphatic rings. The van der Waals surface area contributed by atoms with Gasteiger partial charge in [-0.25, -0.2) is 0 Å². The summed E-state index contributed by atoms with van der Waals surface area (Å²) in [4.78, 5) is 0. The zero-order valence-electron chi connectivity index (χ0n) is 20.9. The van der Waals surface area contributed by atoms with E-state index in [4.69, 9.17) is 18.3 Å². The Morgan fingerprint density at radius 3 is 1.35 bits per heavy atom. The van der Waals surface area contributed by atoms with Crippen molar-refractivity contribution in [1.29, 1.82) is 0 Å². The predicted octanol–water partition coefficient (Wildman–Crippen LogP) is 11.9. The van der Waals surface area contributed by atoms with Crippen molar-refractivity contribution in [2.75, 3.05) is 0 Å². The van der Waals surface area contributed by atoms with Gasteiger partial charge in [0.1, 0.15) is 45.3 Å². The Hall–Kier alpha value is -4.62. The van der Waals surface area contributed by atoms with Crippen LogP contribution in [0.25, 0.3) is 64.2 Å². The van der Waals surface area contributed by atoms with Gasteiger partial charge in [0.15, 0.2) is 0 Å². The van der Waals surface area contributed by atoms with Gasteiger partial charge in [0, 0.05) is 20.8 Å². The van der Waals surface area contributed by atoms with Gasteiger partial charge in [-0.2, -0.15) is 0 Å². The first kappa shape index (κ1) is 21.2. The summed E-state index contributed by atoms with van der Waals surface area (Å²) in [6, 6.07) is 38.0. The van der Waals surface area contributed by atoms with E-state index in [1.165, 1.54) is 20.8 Å². The van der Waals surface area contributed by atoms with Crippen molar-refractivity contribution in [3.63, 3.8) is 0 Å². The van der Waals surface area contributed by atoms with Gasteiger partial charge in [0.05, 0.1) is 10.2 Å². The molecule has 0 fully saturated rings. The van der Waals surface area contributed by atoms with E-state index in [0.717, 1.165) is 66.3 Å². The Morgan fingerprint density at radius 1 is 0.400 bits per heavy atom. The maximum Gasteiger partial charge on any atom is 0.142 e. The number of rotatable bonds is 0. The van der Waals surface area contributed by atoms with Gasteiger partial charge in [-0.15, -0.1) is 0 Å². The van der Waals surface area contributed by atoms with Gasteiger partial charge in [-0.1, -0.05) is 51.5 Å². The third-order valence-electron chi connectivity index (χ3n) is 7.94. The molecule has 2 atom stereocenters. The Morgan fingerprint density at radius 2 is 0.850 bits per heavy atom. The van der Waals surface area contributed by atoms with E-state index >= 15 is 0 Å². The molecule has 188 valence electrons. The van der Waals surface area contributed by atoms with Crippen molar-refractivity contribution in [2.24, 2.45) is 0 Å². The largest absolute Gasteiger partial charge is 0.455 e. The molecule has 4 nitrogen and oxygen atoms in total. The molecule has 4 heterocycles. The molecule has 2 unspecified atom stereocenters. The highest BCUT2D eigenvalue weighted by Crippen LogP contribution is 2.63. The SMILES string of the molecule is c1ccc2c(c1)Oc1cccc3oc4cc5cc6c(cc5cc4p-2c13)oc1cccc2c1p6-c1ccccc1O2. The molecule has 0 saturated carbocycles.